The zero-order valence-corrected chi connectivity index (χ0v) is 30.6. The highest BCUT2D eigenvalue weighted by atomic mass is 16.6. The Morgan fingerprint density at radius 3 is 1.21 bits per heavy atom. The molecule has 0 rings (SSSR count). The lowest BCUT2D eigenvalue weighted by atomic mass is 9.81. The minimum Gasteiger partial charge on any atom is -0.303 e. The SMILES string of the molecule is CC(=O)C(/C=C\C(C)C)C(C)=O.CC(=O)C(CC(C[N+](=O)[O-])C(C)C)C(C)=O.CC(=O)CC(C)=O.CC(C)CC=O.C[N+](=O)[O-].[B][B]. The lowest BCUT2D eigenvalue weighted by molar-refractivity contribution is -0.490. The first kappa shape index (κ1) is 55.7. The molecule has 0 bridgehead atoms. The Hall–Kier alpha value is -3.64. The predicted molar refractivity (Wildman–Crippen MR) is 184 cm³/mol. The molecule has 15 heteroatoms. The number of aldehydes is 1. The number of Topliss-reactive ketones (excluding diaryl/α,β-unsaturated/α-hetero) is 6. The lowest BCUT2D eigenvalue weighted by Crippen LogP contribution is -2.28. The van der Waals surface area contributed by atoms with E-state index >= 15 is 0 Å². The van der Waals surface area contributed by atoms with E-state index in [0.29, 0.717) is 18.3 Å². The van der Waals surface area contributed by atoms with Crippen molar-refractivity contribution in [2.24, 2.45) is 35.5 Å². The third-order valence-electron chi connectivity index (χ3n) is 5.48. The third kappa shape index (κ3) is 52.2. The van der Waals surface area contributed by atoms with Crippen LogP contribution >= 0.6 is 0 Å². The minimum atomic E-state index is -0.688. The summed E-state index contributed by atoms with van der Waals surface area (Å²) in [5.41, 5.74) is 0. The van der Waals surface area contributed by atoms with Crippen LogP contribution in [0, 0.1) is 55.7 Å². The second-order valence-electron chi connectivity index (χ2n) is 11.7. The van der Waals surface area contributed by atoms with Crippen LogP contribution in [0.25, 0.3) is 0 Å². The number of rotatable bonds is 15. The van der Waals surface area contributed by atoms with Crippen molar-refractivity contribution in [3.63, 3.8) is 0 Å². The average molecular weight is 666 g/mol. The van der Waals surface area contributed by atoms with Gasteiger partial charge in [0.1, 0.15) is 41.0 Å². The molecule has 0 aromatic carbocycles. The Morgan fingerprint density at radius 2 is 1.06 bits per heavy atom. The molecule has 47 heavy (non-hydrogen) atoms. The van der Waals surface area contributed by atoms with Crippen molar-refractivity contribution in [1.82, 2.24) is 0 Å². The van der Waals surface area contributed by atoms with Gasteiger partial charge in [0.2, 0.25) is 6.54 Å². The molecule has 0 fully saturated rings. The van der Waals surface area contributed by atoms with Crippen molar-refractivity contribution in [2.45, 2.75) is 102 Å². The molecule has 1 unspecified atom stereocenters. The molecule has 266 valence electrons. The first-order chi connectivity index (χ1) is 21.3. The summed E-state index contributed by atoms with van der Waals surface area (Å²) in [7, 11) is 8.89. The van der Waals surface area contributed by atoms with E-state index < -0.39 is 16.8 Å². The maximum absolute atomic E-state index is 11.2. The van der Waals surface area contributed by atoms with Crippen molar-refractivity contribution >= 4 is 56.5 Å². The summed E-state index contributed by atoms with van der Waals surface area (Å²) >= 11 is 0. The molecule has 0 spiro atoms. The summed E-state index contributed by atoms with van der Waals surface area (Å²) in [5, 5.41) is 19.3. The Kier molecular flexibility index (Phi) is 41.8. The molecule has 0 aliphatic carbocycles. The van der Waals surface area contributed by atoms with Crippen LogP contribution in [0.15, 0.2) is 12.2 Å². The van der Waals surface area contributed by atoms with E-state index in [2.05, 4.69) is 15.5 Å². The lowest BCUT2D eigenvalue weighted by Gasteiger charge is -2.20. The zero-order chi connectivity index (χ0) is 39.0. The van der Waals surface area contributed by atoms with Crippen molar-refractivity contribution in [3.8, 4) is 0 Å². The quantitative estimate of drug-likeness (QED) is 0.0588. The molecule has 0 aromatic heterocycles. The summed E-state index contributed by atoms with van der Waals surface area (Å²) in [6.07, 6.45) is 5.58. The van der Waals surface area contributed by atoms with Crippen LogP contribution in [0.2, 0.25) is 0 Å². The van der Waals surface area contributed by atoms with Gasteiger partial charge in [0.05, 0.1) is 18.3 Å². The fourth-order valence-electron chi connectivity index (χ4n) is 3.10. The predicted octanol–water partition coefficient (Wildman–Crippen LogP) is 4.63. The van der Waals surface area contributed by atoms with E-state index in [1.165, 1.54) is 41.5 Å². The standard InChI is InChI=1S/C11H19NO4.C10H16O2.C5H8O2.C5H10O.CH3NO2.B2/c1-7(2)10(6-12(15)16)5-11(8(3)13)9(4)14;1-7(2)5-6-10(8(3)11)9(4)12;1-4(6)3-5(2)7;1-5(2)3-4-6;1-2(3)4;1-2/h7,10-11H,5-6H2,1-4H3;5-7,10H,1-4H3;3H2,1-2H3;4-5H,3H2,1-2H3;1H3;/b;6-5-;;;;. The van der Waals surface area contributed by atoms with Gasteiger partial charge in [-0.1, -0.05) is 53.7 Å². The van der Waals surface area contributed by atoms with Crippen LogP contribution in [0.5, 0.6) is 0 Å². The van der Waals surface area contributed by atoms with Crippen molar-refractivity contribution < 1.29 is 43.4 Å². The number of carbonyl (C=O) groups excluding carboxylic acids is 7. The fraction of sp³-hybridized carbons (Fsp3) is 0.719. The molecule has 0 aliphatic rings. The van der Waals surface area contributed by atoms with Gasteiger partial charge in [0, 0.05) is 37.7 Å². The highest BCUT2D eigenvalue weighted by Gasteiger charge is 2.28. The van der Waals surface area contributed by atoms with Gasteiger partial charge in [-0.05, 0) is 65.7 Å². The third-order valence-corrected chi connectivity index (χ3v) is 5.48. The minimum absolute atomic E-state index is 0.0625. The van der Waals surface area contributed by atoms with Crippen molar-refractivity contribution in [3.05, 3.63) is 32.4 Å². The molecular formula is C32H56B2N2O11. The largest absolute Gasteiger partial charge is 0.303 e. The molecule has 0 N–H and O–H groups in total. The molecule has 4 radical (unpaired) electrons. The molecule has 0 amide bonds. The molecule has 0 aromatic rings. The van der Waals surface area contributed by atoms with E-state index in [4.69, 9.17) is 10.1 Å². The zero-order valence-electron chi connectivity index (χ0n) is 30.6. The maximum Gasteiger partial charge on any atom is 0.206 e. The van der Waals surface area contributed by atoms with Gasteiger partial charge < -0.3 is 4.79 Å². The summed E-state index contributed by atoms with van der Waals surface area (Å²) < 4.78 is 0. The number of allylic oxidation sites excluding steroid dienone is 2. The number of carbonyl (C=O) groups is 7. The highest BCUT2D eigenvalue weighted by Crippen LogP contribution is 2.22. The summed E-state index contributed by atoms with van der Waals surface area (Å²) in [5.74, 6) is -1.16. The highest BCUT2D eigenvalue weighted by molar-refractivity contribution is 6.75. The van der Waals surface area contributed by atoms with E-state index in [1.54, 1.807) is 6.08 Å². The van der Waals surface area contributed by atoms with Gasteiger partial charge in [-0.3, -0.25) is 49.0 Å². The fourth-order valence-corrected chi connectivity index (χ4v) is 3.10. The average Bonchev–Trinajstić information content (AvgIpc) is 2.86. The summed E-state index contributed by atoms with van der Waals surface area (Å²) in [4.78, 5) is 92.4. The van der Waals surface area contributed by atoms with E-state index in [9.17, 15) is 43.7 Å². The number of hydrogen-bond donors (Lipinski definition) is 0. The van der Waals surface area contributed by atoms with E-state index in [0.717, 1.165) is 13.3 Å². The topological polar surface area (TPSA) is 206 Å². The Balaban J connectivity index is -0.000000119. The van der Waals surface area contributed by atoms with Crippen LogP contribution in [0.1, 0.15) is 102 Å². The van der Waals surface area contributed by atoms with Crippen LogP contribution in [-0.2, 0) is 33.6 Å². The summed E-state index contributed by atoms with van der Waals surface area (Å²) in [6.45, 7) is 20.0. The molecule has 0 saturated carbocycles. The second kappa shape index (κ2) is 35.2. The molecule has 0 aliphatic heterocycles. The molecule has 0 saturated heterocycles. The summed E-state index contributed by atoms with van der Waals surface area (Å²) in [6, 6.07) is 0. The smallest absolute Gasteiger partial charge is 0.206 e. The number of nitrogens with zero attached hydrogens (tertiary/aromatic N) is 2. The molecule has 1 atom stereocenters. The molecule has 13 nitrogen and oxygen atoms in total. The van der Waals surface area contributed by atoms with Gasteiger partial charge in [0.25, 0.3) is 0 Å². The van der Waals surface area contributed by atoms with Crippen LogP contribution < -0.4 is 0 Å². The van der Waals surface area contributed by atoms with Gasteiger partial charge >= 0.3 is 0 Å². The van der Waals surface area contributed by atoms with Crippen molar-refractivity contribution in [1.29, 1.82) is 0 Å². The van der Waals surface area contributed by atoms with E-state index in [-0.39, 0.29) is 70.8 Å². The van der Waals surface area contributed by atoms with Gasteiger partial charge in [-0.15, -0.1) is 0 Å². The van der Waals surface area contributed by atoms with Gasteiger partial charge in [-0.25, -0.2) is 0 Å². The Morgan fingerprint density at radius 1 is 0.702 bits per heavy atom. The number of nitro groups is 2. The van der Waals surface area contributed by atoms with E-state index in [1.807, 2.05) is 47.6 Å². The van der Waals surface area contributed by atoms with Gasteiger partial charge in [0.15, 0.2) is 7.05 Å². The Labute approximate surface area is 283 Å². The number of hydrogen-bond acceptors (Lipinski definition) is 11. The van der Waals surface area contributed by atoms with Crippen LogP contribution in [-0.4, -0.2) is 79.9 Å². The normalized spacial score (nSPS) is 10.3. The van der Waals surface area contributed by atoms with Crippen LogP contribution in [0.4, 0.5) is 0 Å². The van der Waals surface area contributed by atoms with Crippen molar-refractivity contribution in [2.75, 3.05) is 13.6 Å². The van der Waals surface area contributed by atoms with Crippen LogP contribution in [0.3, 0.4) is 0 Å². The monoisotopic (exact) mass is 666 g/mol. The number of ketones is 6. The maximum atomic E-state index is 11.2. The van der Waals surface area contributed by atoms with Gasteiger partial charge in [-0.2, -0.15) is 0 Å². The first-order valence-corrected chi connectivity index (χ1v) is 15.0. The molecule has 0 heterocycles. The Bertz CT molecular complexity index is 952. The second-order valence-corrected chi connectivity index (χ2v) is 11.7. The first-order valence-electron chi connectivity index (χ1n) is 15.0. The molecular weight excluding hydrogens is 610 g/mol.